The van der Waals surface area contributed by atoms with E-state index in [1.165, 1.54) is 37.8 Å². The predicted molar refractivity (Wildman–Crippen MR) is 76.6 cm³/mol. The molecule has 6 heteroatoms. The molecule has 0 bridgehead atoms. The summed E-state index contributed by atoms with van der Waals surface area (Å²) >= 11 is 0. The van der Waals surface area contributed by atoms with Crippen LogP contribution >= 0.6 is 0 Å². The molecule has 0 unspecified atom stereocenters. The first-order chi connectivity index (χ1) is 9.05. The summed E-state index contributed by atoms with van der Waals surface area (Å²) < 4.78 is 22.2. The molecule has 5 nitrogen and oxygen atoms in total. The lowest BCUT2D eigenvalue weighted by molar-refractivity contribution is 0.536. The Morgan fingerprint density at radius 1 is 1.11 bits per heavy atom. The van der Waals surface area contributed by atoms with Gasteiger partial charge in [-0.05, 0) is 37.1 Å². The third-order valence-electron chi connectivity index (χ3n) is 3.43. The number of sulfonamides is 1. The normalized spacial score (nSPS) is 16.7. The molecule has 0 aliphatic heterocycles. The first-order valence-electron chi connectivity index (χ1n) is 6.66. The summed E-state index contributed by atoms with van der Waals surface area (Å²) in [5, 5.41) is 11.8. The van der Waals surface area contributed by atoms with Crippen LogP contribution in [0.25, 0.3) is 0 Å². The molecule has 1 fully saturated rings. The maximum Gasteiger partial charge on any atom is 0.238 e. The van der Waals surface area contributed by atoms with Crippen LogP contribution in [0.1, 0.15) is 25.7 Å². The maximum absolute atomic E-state index is 11.1. The monoisotopic (exact) mass is 283 g/mol. The highest BCUT2D eigenvalue weighted by Gasteiger charge is 2.13. The lowest BCUT2D eigenvalue weighted by atomic mass is 10.2. The lowest BCUT2D eigenvalue weighted by Gasteiger charge is -2.12. The molecule has 0 heterocycles. The number of nitrogens with two attached hydrogens (primary N) is 1. The molecule has 0 aromatic heterocycles. The molecule has 1 aromatic carbocycles. The number of primary sulfonamides is 1. The number of hydrogen-bond acceptors (Lipinski definition) is 4. The van der Waals surface area contributed by atoms with Crippen molar-refractivity contribution in [3.8, 4) is 0 Å². The average Bonchev–Trinajstić information content (AvgIpc) is 2.87. The maximum atomic E-state index is 11.1. The van der Waals surface area contributed by atoms with Gasteiger partial charge >= 0.3 is 0 Å². The van der Waals surface area contributed by atoms with Crippen molar-refractivity contribution in [3.05, 3.63) is 24.3 Å². The van der Waals surface area contributed by atoms with Gasteiger partial charge in [0.05, 0.1) is 4.90 Å². The number of hydrogen-bond donors (Lipinski definition) is 3. The molecule has 0 saturated heterocycles. The van der Waals surface area contributed by atoms with Crippen molar-refractivity contribution in [3.63, 3.8) is 0 Å². The van der Waals surface area contributed by atoms with Gasteiger partial charge in [-0.2, -0.15) is 0 Å². The third-order valence-corrected chi connectivity index (χ3v) is 4.35. The zero-order chi connectivity index (χ0) is 13.7. The molecule has 0 amide bonds. The van der Waals surface area contributed by atoms with Crippen LogP contribution in [-0.4, -0.2) is 27.5 Å². The Labute approximate surface area is 114 Å². The van der Waals surface area contributed by atoms with Gasteiger partial charge in [-0.15, -0.1) is 0 Å². The fraction of sp³-hybridized carbons (Fsp3) is 0.538. The Morgan fingerprint density at radius 3 is 2.32 bits per heavy atom. The Balaban J connectivity index is 1.74. The van der Waals surface area contributed by atoms with Gasteiger partial charge in [-0.1, -0.05) is 12.8 Å². The van der Waals surface area contributed by atoms with Crippen LogP contribution in [0.3, 0.4) is 0 Å². The smallest absolute Gasteiger partial charge is 0.238 e. The van der Waals surface area contributed by atoms with Crippen molar-refractivity contribution in [1.82, 2.24) is 5.32 Å². The van der Waals surface area contributed by atoms with E-state index >= 15 is 0 Å². The highest BCUT2D eigenvalue weighted by molar-refractivity contribution is 7.89. The Morgan fingerprint density at radius 2 is 1.74 bits per heavy atom. The van der Waals surface area contributed by atoms with Gasteiger partial charge in [0, 0.05) is 24.8 Å². The second-order valence-corrected chi connectivity index (χ2v) is 6.49. The Hall–Kier alpha value is -1.11. The number of nitrogens with one attached hydrogen (secondary N) is 2. The molecule has 1 aliphatic carbocycles. The molecule has 106 valence electrons. The van der Waals surface area contributed by atoms with Gasteiger partial charge in [0.2, 0.25) is 10.0 Å². The highest BCUT2D eigenvalue weighted by atomic mass is 32.2. The minimum Gasteiger partial charge on any atom is -0.384 e. The van der Waals surface area contributed by atoms with Crippen LogP contribution in [0.15, 0.2) is 29.2 Å². The predicted octanol–water partition coefficient (Wildman–Crippen LogP) is 1.28. The van der Waals surface area contributed by atoms with E-state index in [0.717, 1.165) is 18.8 Å². The van der Waals surface area contributed by atoms with E-state index < -0.39 is 10.0 Å². The van der Waals surface area contributed by atoms with Gasteiger partial charge in [0.1, 0.15) is 0 Å². The summed E-state index contributed by atoms with van der Waals surface area (Å²) in [6.07, 6.45) is 5.23. The van der Waals surface area contributed by atoms with Gasteiger partial charge < -0.3 is 10.6 Å². The quantitative estimate of drug-likeness (QED) is 0.687. The van der Waals surface area contributed by atoms with Gasteiger partial charge in [0.25, 0.3) is 0 Å². The largest absolute Gasteiger partial charge is 0.384 e. The summed E-state index contributed by atoms with van der Waals surface area (Å²) in [5.41, 5.74) is 0.903. The fourth-order valence-corrected chi connectivity index (χ4v) is 2.89. The van der Waals surface area contributed by atoms with E-state index in [2.05, 4.69) is 10.6 Å². The first kappa shape index (κ1) is 14.3. The van der Waals surface area contributed by atoms with Crippen LogP contribution in [0.5, 0.6) is 0 Å². The summed E-state index contributed by atoms with van der Waals surface area (Å²) in [6, 6.07) is 7.17. The summed E-state index contributed by atoms with van der Waals surface area (Å²) in [4.78, 5) is 0.141. The van der Waals surface area contributed by atoms with Crippen molar-refractivity contribution in [2.45, 2.75) is 36.6 Å². The lowest BCUT2D eigenvalue weighted by Crippen LogP contribution is -2.30. The molecule has 0 atom stereocenters. The van der Waals surface area contributed by atoms with Crippen LogP contribution in [0, 0.1) is 0 Å². The Bertz CT molecular complexity index is 493. The summed E-state index contributed by atoms with van der Waals surface area (Å²) in [7, 11) is -3.60. The van der Waals surface area contributed by atoms with Gasteiger partial charge in [-0.25, -0.2) is 13.6 Å². The van der Waals surface area contributed by atoms with Crippen molar-refractivity contribution in [2.75, 3.05) is 18.4 Å². The minimum absolute atomic E-state index is 0.141. The van der Waals surface area contributed by atoms with E-state index in [0.29, 0.717) is 6.04 Å². The SMILES string of the molecule is NS(=O)(=O)c1ccc(NCCNC2CCCC2)cc1. The molecule has 1 saturated carbocycles. The molecule has 0 radical (unpaired) electrons. The van der Waals surface area contributed by atoms with E-state index in [4.69, 9.17) is 5.14 Å². The van der Waals surface area contributed by atoms with E-state index in [1.54, 1.807) is 12.1 Å². The summed E-state index contributed by atoms with van der Waals surface area (Å²) in [6.45, 7) is 1.74. The van der Waals surface area contributed by atoms with Crippen molar-refractivity contribution < 1.29 is 8.42 Å². The Kier molecular flexibility index (Phi) is 4.79. The van der Waals surface area contributed by atoms with Gasteiger partial charge in [0.15, 0.2) is 0 Å². The zero-order valence-electron chi connectivity index (χ0n) is 10.9. The summed E-state index contributed by atoms with van der Waals surface area (Å²) in [5.74, 6) is 0. The van der Waals surface area contributed by atoms with Crippen molar-refractivity contribution in [2.24, 2.45) is 5.14 Å². The van der Waals surface area contributed by atoms with Crippen LogP contribution in [-0.2, 0) is 10.0 Å². The standard InChI is InChI=1S/C13H21N3O2S/c14-19(17,18)13-7-5-12(6-8-13)16-10-9-15-11-3-1-2-4-11/h5-8,11,15-16H,1-4,9-10H2,(H2,14,17,18). The molecule has 1 aliphatic rings. The molecular weight excluding hydrogens is 262 g/mol. The van der Waals surface area contributed by atoms with Crippen LogP contribution < -0.4 is 15.8 Å². The molecule has 4 N–H and O–H groups in total. The topological polar surface area (TPSA) is 84.2 Å². The molecule has 1 aromatic rings. The van der Waals surface area contributed by atoms with Crippen molar-refractivity contribution in [1.29, 1.82) is 0 Å². The number of rotatable bonds is 6. The molecule has 19 heavy (non-hydrogen) atoms. The molecular formula is C13H21N3O2S. The van der Waals surface area contributed by atoms with Crippen LogP contribution in [0.2, 0.25) is 0 Å². The van der Waals surface area contributed by atoms with E-state index in [1.807, 2.05) is 0 Å². The fourth-order valence-electron chi connectivity index (χ4n) is 2.38. The first-order valence-corrected chi connectivity index (χ1v) is 8.20. The van der Waals surface area contributed by atoms with Crippen molar-refractivity contribution >= 4 is 15.7 Å². The molecule has 2 rings (SSSR count). The number of benzene rings is 1. The second-order valence-electron chi connectivity index (χ2n) is 4.93. The van der Waals surface area contributed by atoms with E-state index in [9.17, 15) is 8.42 Å². The zero-order valence-corrected chi connectivity index (χ0v) is 11.7. The van der Waals surface area contributed by atoms with Crippen LogP contribution in [0.4, 0.5) is 5.69 Å². The average molecular weight is 283 g/mol. The number of anilines is 1. The minimum atomic E-state index is -3.60. The van der Waals surface area contributed by atoms with Gasteiger partial charge in [-0.3, -0.25) is 0 Å². The second kappa shape index (κ2) is 6.36. The third kappa shape index (κ3) is 4.49. The highest BCUT2D eigenvalue weighted by Crippen LogP contribution is 2.17. The molecule has 0 spiro atoms. The van der Waals surface area contributed by atoms with E-state index in [-0.39, 0.29) is 4.90 Å².